The Kier molecular flexibility index (Phi) is 7.09. The lowest BCUT2D eigenvalue weighted by Crippen LogP contribution is -2.41. The van der Waals surface area contributed by atoms with Gasteiger partial charge in [-0.25, -0.2) is 0 Å². The summed E-state index contributed by atoms with van der Waals surface area (Å²) in [4.78, 5) is 7.20. The first-order chi connectivity index (χ1) is 14.3. The molecular weight excluding hydrogens is 371 g/mol. The predicted octanol–water partition coefficient (Wildman–Crippen LogP) is 5.21. The zero-order valence-corrected chi connectivity index (χ0v) is 18.2. The molecule has 1 aliphatic carbocycles. The normalized spacial score (nSPS) is 15.8. The molecule has 0 N–H and O–H groups in total. The molecular formula is C26H31N2P. The minimum Gasteiger partial charge on any atom is -0.298 e. The van der Waals surface area contributed by atoms with E-state index < -0.39 is 7.92 Å². The van der Waals surface area contributed by atoms with Gasteiger partial charge in [0.05, 0.1) is 0 Å². The van der Waals surface area contributed by atoms with Crippen molar-refractivity contribution < 1.29 is 0 Å². The summed E-state index contributed by atoms with van der Waals surface area (Å²) in [7, 11) is 1.90. The van der Waals surface area contributed by atoms with Crippen molar-refractivity contribution in [2.75, 3.05) is 13.6 Å². The van der Waals surface area contributed by atoms with Gasteiger partial charge >= 0.3 is 0 Å². The maximum Gasteiger partial charge on any atom is 0.0416 e. The molecule has 1 aromatic heterocycles. The standard InChI is InChI=1S/C26H31N2P/c1-28(21-19-23-14-10-11-20-27-23)26(22-12-8-9-13-22)29(24-15-4-2-5-16-24)25-17-6-3-7-18-25/h2-7,10-11,14-18,20,22,26H,8-9,12-13,19,21H2,1H3. The van der Waals surface area contributed by atoms with Gasteiger partial charge in [0.2, 0.25) is 0 Å². The molecule has 0 amide bonds. The van der Waals surface area contributed by atoms with Crippen LogP contribution in [0.1, 0.15) is 31.4 Å². The number of aromatic nitrogens is 1. The molecule has 2 nitrogen and oxygen atoms in total. The molecule has 3 aromatic rings. The Bertz CT molecular complexity index is 808. The number of hydrogen-bond acceptors (Lipinski definition) is 2. The van der Waals surface area contributed by atoms with Crippen molar-refractivity contribution in [3.8, 4) is 0 Å². The summed E-state index contributed by atoms with van der Waals surface area (Å²) < 4.78 is 0. The number of nitrogens with zero attached hydrogens (tertiary/aromatic N) is 2. The molecule has 0 radical (unpaired) electrons. The van der Waals surface area contributed by atoms with E-state index in [-0.39, 0.29) is 0 Å². The summed E-state index contributed by atoms with van der Waals surface area (Å²) in [6.45, 7) is 1.05. The van der Waals surface area contributed by atoms with Crippen LogP contribution in [0.25, 0.3) is 0 Å². The minimum atomic E-state index is -0.440. The average Bonchev–Trinajstić information content (AvgIpc) is 3.32. The first kappa shape index (κ1) is 20.3. The van der Waals surface area contributed by atoms with Gasteiger partial charge in [-0.15, -0.1) is 0 Å². The molecule has 2 aromatic carbocycles. The Morgan fingerprint density at radius 3 is 2.00 bits per heavy atom. The van der Waals surface area contributed by atoms with Gasteiger partial charge in [-0.3, -0.25) is 9.88 Å². The SMILES string of the molecule is CN(CCc1ccccn1)C(C1CCCC1)P(c1ccccc1)c1ccccc1. The fourth-order valence-corrected chi connectivity index (χ4v) is 7.75. The topological polar surface area (TPSA) is 16.1 Å². The first-order valence-corrected chi connectivity index (χ1v) is 12.2. The molecule has 150 valence electrons. The molecule has 0 aliphatic heterocycles. The van der Waals surface area contributed by atoms with Crippen LogP contribution in [0.4, 0.5) is 0 Å². The molecule has 1 atom stereocenters. The molecule has 1 fully saturated rings. The largest absolute Gasteiger partial charge is 0.298 e. The zero-order chi connectivity index (χ0) is 19.9. The molecule has 4 rings (SSSR count). The highest BCUT2D eigenvalue weighted by Gasteiger charge is 2.35. The summed E-state index contributed by atoms with van der Waals surface area (Å²) in [6.07, 6.45) is 8.39. The lowest BCUT2D eigenvalue weighted by atomic mass is 10.1. The second-order valence-electron chi connectivity index (χ2n) is 8.05. The van der Waals surface area contributed by atoms with E-state index in [1.165, 1.54) is 42.0 Å². The van der Waals surface area contributed by atoms with Crippen LogP contribution in [0, 0.1) is 5.92 Å². The van der Waals surface area contributed by atoms with Gasteiger partial charge < -0.3 is 0 Å². The number of hydrogen-bond donors (Lipinski definition) is 0. The molecule has 1 saturated carbocycles. The second-order valence-corrected chi connectivity index (χ2v) is 10.4. The van der Waals surface area contributed by atoms with Gasteiger partial charge in [0.1, 0.15) is 0 Å². The summed E-state index contributed by atoms with van der Waals surface area (Å²) in [5.74, 6) is 1.34. The highest BCUT2D eigenvalue weighted by atomic mass is 31.1. The van der Waals surface area contributed by atoms with Crippen LogP contribution >= 0.6 is 7.92 Å². The molecule has 1 heterocycles. The number of likely N-dealkylation sites (N-methyl/N-ethyl adjacent to an activating group) is 1. The van der Waals surface area contributed by atoms with Crippen molar-refractivity contribution in [3.05, 3.63) is 90.8 Å². The van der Waals surface area contributed by atoms with Crippen molar-refractivity contribution in [1.82, 2.24) is 9.88 Å². The quantitative estimate of drug-likeness (QED) is 0.481. The fraction of sp³-hybridized carbons (Fsp3) is 0.346. The Balaban J connectivity index is 1.65. The predicted molar refractivity (Wildman–Crippen MR) is 125 cm³/mol. The molecule has 29 heavy (non-hydrogen) atoms. The fourth-order valence-electron chi connectivity index (χ4n) is 4.62. The van der Waals surface area contributed by atoms with Crippen LogP contribution in [-0.4, -0.2) is 29.3 Å². The van der Waals surface area contributed by atoms with E-state index in [4.69, 9.17) is 0 Å². The average molecular weight is 403 g/mol. The van der Waals surface area contributed by atoms with Crippen molar-refractivity contribution >= 4 is 18.5 Å². The zero-order valence-electron chi connectivity index (χ0n) is 17.3. The van der Waals surface area contributed by atoms with Crippen LogP contribution in [0.5, 0.6) is 0 Å². The van der Waals surface area contributed by atoms with E-state index in [9.17, 15) is 0 Å². The van der Waals surface area contributed by atoms with Crippen LogP contribution in [-0.2, 0) is 6.42 Å². The molecule has 1 unspecified atom stereocenters. The van der Waals surface area contributed by atoms with Gasteiger partial charge in [-0.2, -0.15) is 0 Å². The Morgan fingerprint density at radius 1 is 0.862 bits per heavy atom. The summed E-state index contributed by atoms with van der Waals surface area (Å²) in [5, 5.41) is 2.99. The van der Waals surface area contributed by atoms with Gasteiger partial charge in [0.25, 0.3) is 0 Å². The van der Waals surface area contributed by atoms with Crippen molar-refractivity contribution in [3.63, 3.8) is 0 Å². The van der Waals surface area contributed by atoms with Gasteiger partial charge in [0, 0.05) is 30.6 Å². The third kappa shape index (κ3) is 5.13. The monoisotopic (exact) mass is 402 g/mol. The summed E-state index contributed by atoms with van der Waals surface area (Å²) >= 11 is 0. The third-order valence-electron chi connectivity index (χ3n) is 6.05. The van der Waals surface area contributed by atoms with Gasteiger partial charge in [-0.1, -0.05) is 79.6 Å². The highest BCUT2D eigenvalue weighted by Crippen LogP contribution is 2.48. The van der Waals surface area contributed by atoms with E-state index in [0.29, 0.717) is 5.78 Å². The first-order valence-electron chi connectivity index (χ1n) is 10.8. The maximum atomic E-state index is 4.55. The Morgan fingerprint density at radius 2 is 1.45 bits per heavy atom. The summed E-state index contributed by atoms with van der Waals surface area (Å²) in [5.41, 5.74) is 1.19. The highest BCUT2D eigenvalue weighted by molar-refractivity contribution is 7.73. The number of pyridine rings is 1. The van der Waals surface area contributed by atoms with Crippen molar-refractivity contribution in [2.24, 2.45) is 5.92 Å². The van der Waals surface area contributed by atoms with Gasteiger partial charge in [0.15, 0.2) is 0 Å². The minimum absolute atomic E-state index is 0.440. The number of benzene rings is 2. The Labute approximate surface area is 176 Å². The summed E-state index contributed by atoms with van der Waals surface area (Å²) in [6, 6.07) is 28.7. The van der Waals surface area contributed by atoms with Crippen LogP contribution in [0.3, 0.4) is 0 Å². The van der Waals surface area contributed by atoms with E-state index in [1.807, 2.05) is 12.3 Å². The van der Waals surface area contributed by atoms with Crippen LogP contribution < -0.4 is 10.6 Å². The van der Waals surface area contributed by atoms with E-state index in [2.05, 4.69) is 89.7 Å². The maximum absolute atomic E-state index is 4.55. The lowest BCUT2D eigenvalue weighted by Gasteiger charge is -2.39. The van der Waals surface area contributed by atoms with E-state index >= 15 is 0 Å². The molecule has 0 spiro atoms. The second kappa shape index (κ2) is 10.1. The van der Waals surface area contributed by atoms with Crippen LogP contribution in [0.2, 0.25) is 0 Å². The molecule has 1 aliphatic rings. The van der Waals surface area contributed by atoms with E-state index in [1.54, 1.807) is 0 Å². The molecule has 0 bridgehead atoms. The molecule has 3 heteroatoms. The van der Waals surface area contributed by atoms with Crippen LogP contribution in [0.15, 0.2) is 85.1 Å². The Hall–Kier alpha value is -2.02. The molecule has 0 saturated heterocycles. The van der Waals surface area contributed by atoms with Crippen molar-refractivity contribution in [2.45, 2.75) is 37.9 Å². The van der Waals surface area contributed by atoms with E-state index in [0.717, 1.165) is 18.9 Å². The van der Waals surface area contributed by atoms with Crippen molar-refractivity contribution in [1.29, 1.82) is 0 Å². The number of rotatable bonds is 8. The third-order valence-corrected chi connectivity index (χ3v) is 9.11. The van der Waals surface area contributed by atoms with Gasteiger partial charge in [-0.05, 0) is 56.5 Å². The smallest absolute Gasteiger partial charge is 0.0416 e. The lowest BCUT2D eigenvalue weighted by molar-refractivity contribution is 0.248.